The standard InChI is InChI=1S/C18H28N2O3/c1-19(13-17(21)14-23-2)18(22)16-9-6-10-20(12-16)11-15-7-4-3-5-8-15/h3-5,7-8,16-17,21H,6,9-14H2,1-2H3. The molecule has 0 saturated carbocycles. The van der Waals surface area contributed by atoms with Crippen molar-refractivity contribution in [3.63, 3.8) is 0 Å². The molecule has 23 heavy (non-hydrogen) atoms. The van der Waals surface area contributed by atoms with E-state index in [-0.39, 0.29) is 18.4 Å². The zero-order chi connectivity index (χ0) is 16.7. The quantitative estimate of drug-likeness (QED) is 0.824. The van der Waals surface area contributed by atoms with Gasteiger partial charge in [-0.25, -0.2) is 0 Å². The average Bonchev–Trinajstić information content (AvgIpc) is 2.55. The highest BCUT2D eigenvalue weighted by molar-refractivity contribution is 5.79. The van der Waals surface area contributed by atoms with Gasteiger partial charge in [-0.2, -0.15) is 0 Å². The normalized spacial score (nSPS) is 20.2. The van der Waals surface area contributed by atoms with Crippen LogP contribution in [0.5, 0.6) is 0 Å². The van der Waals surface area contributed by atoms with Gasteiger partial charge >= 0.3 is 0 Å². The number of hydrogen-bond acceptors (Lipinski definition) is 4. The molecule has 5 nitrogen and oxygen atoms in total. The van der Waals surface area contributed by atoms with Gasteiger partial charge < -0.3 is 14.7 Å². The molecule has 1 aromatic carbocycles. The number of benzene rings is 1. The van der Waals surface area contributed by atoms with Crippen LogP contribution < -0.4 is 0 Å². The molecule has 1 amide bonds. The number of hydrogen-bond donors (Lipinski definition) is 1. The van der Waals surface area contributed by atoms with Gasteiger partial charge in [0.1, 0.15) is 0 Å². The van der Waals surface area contributed by atoms with E-state index in [4.69, 9.17) is 4.74 Å². The maximum Gasteiger partial charge on any atom is 0.226 e. The summed E-state index contributed by atoms with van der Waals surface area (Å²) in [6, 6.07) is 10.4. The lowest BCUT2D eigenvalue weighted by molar-refractivity contribution is -0.137. The van der Waals surface area contributed by atoms with Crippen molar-refractivity contribution in [2.75, 3.05) is 40.4 Å². The smallest absolute Gasteiger partial charge is 0.226 e. The molecule has 2 rings (SSSR count). The van der Waals surface area contributed by atoms with Gasteiger partial charge in [0.25, 0.3) is 0 Å². The molecule has 2 atom stereocenters. The van der Waals surface area contributed by atoms with Gasteiger partial charge in [-0.3, -0.25) is 9.69 Å². The number of nitrogens with zero attached hydrogens (tertiary/aromatic N) is 2. The van der Waals surface area contributed by atoms with E-state index in [1.165, 1.54) is 5.56 Å². The van der Waals surface area contributed by atoms with Crippen molar-refractivity contribution in [3.8, 4) is 0 Å². The summed E-state index contributed by atoms with van der Waals surface area (Å²) in [5.74, 6) is 0.144. The van der Waals surface area contributed by atoms with Crippen LogP contribution >= 0.6 is 0 Å². The molecule has 1 saturated heterocycles. The van der Waals surface area contributed by atoms with E-state index >= 15 is 0 Å². The molecule has 0 bridgehead atoms. The lowest BCUT2D eigenvalue weighted by Gasteiger charge is -2.34. The van der Waals surface area contributed by atoms with Gasteiger partial charge in [-0.05, 0) is 24.9 Å². The van der Waals surface area contributed by atoms with Crippen LogP contribution in [0.25, 0.3) is 0 Å². The molecule has 1 N–H and O–H groups in total. The molecular formula is C18H28N2O3. The molecule has 1 heterocycles. The Kier molecular flexibility index (Phi) is 7.02. The third kappa shape index (κ3) is 5.61. The van der Waals surface area contributed by atoms with Crippen LogP contribution in [-0.4, -0.2) is 67.3 Å². The zero-order valence-corrected chi connectivity index (χ0v) is 14.1. The Labute approximate surface area is 138 Å². The third-order valence-electron chi connectivity index (χ3n) is 4.32. The lowest BCUT2D eigenvalue weighted by Crippen LogP contribution is -2.45. The predicted molar refractivity (Wildman–Crippen MR) is 90.0 cm³/mol. The van der Waals surface area contributed by atoms with Gasteiger partial charge in [0.15, 0.2) is 0 Å². The van der Waals surface area contributed by atoms with Crippen LogP contribution in [-0.2, 0) is 16.1 Å². The monoisotopic (exact) mass is 320 g/mol. The molecule has 128 valence electrons. The van der Waals surface area contributed by atoms with Crippen molar-refractivity contribution < 1.29 is 14.6 Å². The zero-order valence-electron chi connectivity index (χ0n) is 14.1. The van der Waals surface area contributed by atoms with Crippen molar-refractivity contribution in [1.82, 2.24) is 9.80 Å². The topological polar surface area (TPSA) is 53.0 Å². The molecule has 1 aliphatic heterocycles. The number of aliphatic hydroxyl groups excluding tert-OH is 1. The molecule has 1 aromatic rings. The van der Waals surface area contributed by atoms with E-state index in [2.05, 4.69) is 17.0 Å². The number of piperidine rings is 1. The van der Waals surface area contributed by atoms with E-state index < -0.39 is 6.10 Å². The first kappa shape index (κ1) is 17.9. The summed E-state index contributed by atoms with van der Waals surface area (Å²) in [4.78, 5) is 16.6. The molecule has 2 unspecified atom stereocenters. The summed E-state index contributed by atoms with van der Waals surface area (Å²) in [6.07, 6.45) is 1.34. The number of carbonyl (C=O) groups is 1. The van der Waals surface area contributed by atoms with Gasteiger partial charge in [0.05, 0.1) is 18.6 Å². The summed E-state index contributed by atoms with van der Waals surface area (Å²) in [5.41, 5.74) is 1.28. The summed E-state index contributed by atoms with van der Waals surface area (Å²) in [7, 11) is 3.31. The fourth-order valence-corrected chi connectivity index (χ4v) is 3.21. The average molecular weight is 320 g/mol. The summed E-state index contributed by atoms with van der Waals surface area (Å²) >= 11 is 0. The fraction of sp³-hybridized carbons (Fsp3) is 0.611. The second kappa shape index (κ2) is 9.01. The SMILES string of the molecule is COCC(O)CN(C)C(=O)C1CCCN(Cc2ccccc2)C1. The highest BCUT2D eigenvalue weighted by Gasteiger charge is 2.28. The number of likely N-dealkylation sites (tertiary alicyclic amines) is 1. The number of likely N-dealkylation sites (N-methyl/N-ethyl adjacent to an activating group) is 1. The first-order valence-corrected chi connectivity index (χ1v) is 8.28. The molecule has 0 aromatic heterocycles. The van der Waals surface area contributed by atoms with Gasteiger partial charge in [-0.1, -0.05) is 30.3 Å². The number of rotatable bonds is 7. The maximum absolute atomic E-state index is 12.6. The van der Waals surface area contributed by atoms with Crippen LogP contribution in [0.4, 0.5) is 0 Å². The minimum atomic E-state index is -0.627. The Morgan fingerprint density at radius 2 is 2.17 bits per heavy atom. The molecule has 0 aliphatic carbocycles. The van der Waals surface area contributed by atoms with E-state index in [0.29, 0.717) is 6.54 Å². The second-order valence-electron chi connectivity index (χ2n) is 6.39. The molecule has 5 heteroatoms. The van der Waals surface area contributed by atoms with Crippen LogP contribution in [0.2, 0.25) is 0 Å². The third-order valence-corrected chi connectivity index (χ3v) is 4.32. The molecular weight excluding hydrogens is 292 g/mol. The highest BCUT2D eigenvalue weighted by atomic mass is 16.5. The van der Waals surface area contributed by atoms with Gasteiger partial charge in [0, 0.05) is 33.8 Å². The van der Waals surface area contributed by atoms with Crippen LogP contribution in [0.3, 0.4) is 0 Å². The molecule has 0 radical (unpaired) electrons. The van der Waals surface area contributed by atoms with E-state index in [9.17, 15) is 9.90 Å². The van der Waals surface area contributed by atoms with E-state index in [0.717, 1.165) is 32.5 Å². The minimum Gasteiger partial charge on any atom is -0.389 e. The van der Waals surface area contributed by atoms with Crippen molar-refractivity contribution >= 4 is 5.91 Å². The first-order valence-electron chi connectivity index (χ1n) is 8.28. The van der Waals surface area contributed by atoms with Crippen LogP contribution in [0.1, 0.15) is 18.4 Å². The largest absolute Gasteiger partial charge is 0.389 e. The number of ether oxygens (including phenoxy) is 1. The molecule has 0 spiro atoms. The summed E-state index contributed by atoms with van der Waals surface area (Å²) in [5, 5.41) is 9.78. The van der Waals surface area contributed by atoms with Gasteiger partial charge in [0.2, 0.25) is 5.91 Å². The van der Waals surface area contributed by atoms with Gasteiger partial charge in [-0.15, -0.1) is 0 Å². The number of methoxy groups -OCH3 is 1. The van der Waals surface area contributed by atoms with Crippen LogP contribution in [0, 0.1) is 5.92 Å². The van der Waals surface area contributed by atoms with Crippen molar-refractivity contribution in [1.29, 1.82) is 0 Å². The number of amides is 1. The van der Waals surface area contributed by atoms with Crippen molar-refractivity contribution in [3.05, 3.63) is 35.9 Å². The van der Waals surface area contributed by atoms with Crippen molar-refractivity contribution in [2.24, 2.45) is 5.92 Å². The second-order valence-corrected chi connectivity index (χ2v) is 6.39. The summed E-state index contributed by atoms with van der Waals surface area (Å²) in [6.45, 7) is 3.29. The summed E-state index contributed by atoms with van der Waals surface area (Å²) < 4.78 is 4.92. The van der Waals surface area contributed by atoms with Crippen LogP contribution in [0.15, 0.2) is 30.3 Å². The molecule has 1 fully saturated rings. The Morgan fingerprint density at radius 1 is 1.43 bits per heavy atom. The lowest BCUT2D eigenvalue weighted by atomic mass is 9.96. The first-order chi connectivity index (χ1) is 11.1. The predicted octanol–water partition coefficient (Wildman–Crippen LogP) is 1.36. The number of carbonyl (C=O) groups excluding carboxylic acids is 1. The van der Waals surface area contributed by atoms with E-state index in [1.807, 2.05) is 18.2 Å². The fourth-order valence-electron chi connectivity index (χ4n) is 3.21. The maximum atomic E-state index is 12.6. The molecule has 1 aliphatic rings. The minimum absolute atomic E-state index is 0.0206. The number of aliphatic hydroxyl groups is 1. The van der Waals surface area contributed by atoms with E-state index in [1.54, 1.807) is 19.1 Å². The Bertz CT molecular complexity index is 480. The Morgan fingerprint density at radius 3 is 2.87 bits per heavy atom. The Balaban J connectivity index is 1.86. The highest BCUT2D eigenvalue weighted by Crippen LogP contribution is 2.20. The Hall–Kier alpha value is -1.43. The van der Waals surface area contributed by atoms with Crippen molar-refractivity contribution in [2.45, 2.75) is 25.5 Å².